The fraction of sp³-hybridized carbons (Fsp3) is 0.412. The lowest BCUT2D eigenvalue weighted by atomic mass is 10.1. The summed E-state index contributed by atoms with van der Waals surface area (Å²) >= 11 is 0. The van der Waals surface area contributed by atoms with Gasteiger partial charge in [-0.3, -0.25) is 9.48 Å². The highest BCUT2D eigenvalue weighted by atomic mass is 16.5. The summed E-state index contributed by atoms with van der Waals surface area (Å²) < 4.78 is 7.22. The maximum absolute atomic E-state index is 11.4. The average Bonchev–Trinajstić information content (AvgIpc) is 3.25. The van der Waals surface area contributed by atoms with Crippen molar-refractivity contribution in [3.8, 4) is 17.0 Å². The van der Waals surface area contributed by atoms with Crippen molar-refractivity contribution in [2.45, 2.75) is 32.7 Å². The monoisotopic (exact) mass is 284 g/mol. The smallest absolute Gasteiger partial charge is 0.153 e. The minimum Gasteiger partial charge on any atom is -0.496 e. The number of ether oxygens (including phenoxy) is 1. The molecule has 4 heteroatoms. The third-order valence-electron chi connectivity index (χ3n) is 4.28. The Bertz CT molecular complexity index is 671. The van der Waals surface area contributed by atoms with Crippen LogP contribution >= 0.6 is 0 Å². The quantitative estimate of drug-likeness (QED) is 0.787. The van der Waals surface area contributed by atoms with E-state index in [9.17, 15) is 4.79 Å². The van der Waals surface area contributed by atoms with Crippen LogP contribution in [0.15, 0.2) is 24.4 Å². The van der Waals surface area contributed by atoms with E-state index < -0.39 is 0 Å². The van der Waals surface area contributed by atoms with Crippen molar-refractivity contribution in [1.29, 1.82) is 0 Å². The second-order valence-corrected chi connectivity index (χ2v) is 5.79. The normalized spacial score (nSPS) is 15.8. The molecule has 4 nitrogen and oxygen atoms in total. The van der Waals surface area contributed by atoms with Crippen molar-refractivity contribution in [3.63, 3.8) is 0 Å². The van der Waals surface area contributed by atoms with Crippen molar-refractivity contribution < 1.29 is 9.53 Å². The van der Waals surface area contributed by atoms with Gasteiger partial charge in [0.1, 0.15) is 11.4 Å². The molecule has 1 atom stereocenters. The van der Waals surface area contributed by atoms with Gasteiger partial charge < -0.3 is 4.74 Å². The molecule has 0 saturated heterocycles. The van der Waals surface area contributed by atoms with Gasteiger partial charge in [0, 0.05) is 11.8 Å². The van der Waals surface area contributed by atoms with Crippen LogP contribution < -0.4 is 4.74 Å². The Morgan fingerprint density at radius 1 is 1.43 bits per heavy atom. The van der Waals surface area contributed by atoms with Crippen molar-refractivity contribution in [1.82, 2.24) is 9.78 Å². The van der Waals surface area contributed by atoms with Crippen molar-refractivity contribution in [2.24, 2.45) is 5.92 Å². The summed E-state index contributed by atoms with van der Waals surface area (Å²) in [5.41, 5.74) is 3.39. The van der Waals surface area contributed by atoms with Gasteiger partial charge in [-0.15, -0.1) is 0 Å². The third-order valence-corrected chi connectivity index (χ3v) is 4.28. The van der Waals surface area contributed by atoms with E-state index >= 15 is 0 Å². The van der Waals surface area contributed by atoms with Crippen LogP contribution in [0.1, 0.15) is 41.7 Å². The van der Waals surface area contributed by atoms with Gasteiger partial charge >= 0.3 is 0 Å². The Labute approximate surface area is 124 Å². The number of carbonyl (C=O) groups is 1. The topological polar surface area (TPSA) is 44.1 Å². The zero-order valence-corrected chi connectivity index (χ0v) is 12.7. The minimum absolute atomic E-state index is 0.358. The Hall–Kier alpha value is -2.10. The fourth-order valence-corrected chi connectivity index (χ4v) is 2.75. The molecule has 1 unspecified atom stereocenters. The maximum atomic E-state index is 11.4. The zero-order valence-electron chi connectivity index (χ0n) is 12.7. The molecule has 1 saturated carbocycles. The van der Waals surface area contributed by atoms with Crippen molar-refractivity contribution in [2.75, 3.05) is 7.11 Å². The number of methoxy groups -OCH3 is 1. The summed E-state index contributed by atoms with van der Waals surface area (Å²) in [6.45, 7) is 4.16. The number of carbonyl (C=O) groups excluding carboxylic acids is 1. The van der Waals surface area contributed by atoms with E-state index in [1.165, 1.54) is 12.8 Å². The highest BCUT2D eigenvalue weighted by Crippen LogP contribution is 2.39. The summed E-state index contributed by atoms with van der Waals surface area (Å²) in [5.74, 6) is 1.55. The number of rotatable bonds is 5. The Balaban J connectivity index is 2.00. The minimum atomic E-state index is 0.358. The lowest BCUT2D eigenvalue weighted by Gasteiger charge is -2.10. The SMILES string of the molecule is COc1ccc(-c2nn(C(C)C3CC3)cc2C=O)cc1C. The largest absolute Gasteiger partial charge is 0.496 e. The van der Waals surface area contributed by atoms with Crippen LogP contribution in [0, 0.1) is 12.8 Å². The molecule has 0 bridgehead atoms. The summed E-state index contributed by atoms with van der Waals surface area (Å²) in [6.07, 6.45) is 5.27. The van der Waals surface area contributed by atoms with Crippen LogP contribution in [0.25, 0.3) is 11.3 Å². The van der Waals surface area contributed by atoms with Crippen molar-refractivity contribution >= 4 is 6.29 Å². The molecule has 0 radical (unpaired) electrons. The fourth-order valence-electron chi connectivity index (χ4n) is 2.75. The zero-order chi connectivity index (χ0) is 15.0. The van der Waals surface area contributed by atoms with Crippen LogP contribution in [0.2, 0.25) is 0 Å². The molecule has 1 aliphatic carbocycles. The van der Waals surface area contributed by atoms with E-state index in [-0.39, 0.29) is 0 Å². The molecule has 1 aromatic carbocycles. The predicted molar refractivity (Wildman–Crippen MR) is 81.8 cm³/mol. The number of aryl methyl sites for hydroxylation is 1. The molecule has 2 aromatic rings. The number of nitrogens with zero attached hydrogens (tertiary/aromatic N) is 2. The van der Waals surface area contributed by atoms with Gasteiger partial charge in [0.05, 0.1) is 18.7 Å². The van der Waals surface area contributed by atoms with Gasteiger partial charge in [-0.25, -0.2) is 0 Å². The van der Waals surface area contributed by atoms with Gasteiger partial charge in [0.15, 0.2) is 6.29 Å². The summed E-state index contributed by atoms with van der Waals surface area (Å²) in [4.78, 5) is 11.4. The second kappa shape index (κ2) is 5.35. The molecule has 1 aromatic heterocycles. The first-order valence-electron chi connectivity index (χ1n) is 7.33. The van der Waals surface area contributed by atoms with Gasteiger partial charge in [-0.1, -0.05) is 0 Å². The molecule has 0 aliphatic heterocycles. The molecule has 110 valence electrons. The Kier molecular flexibility index (Phi) is 3.53. The van der Waals surface area contributed by atoms with E-state index in [2.05, 4.69) is 12.0 Å². The number of hydrogen-bond acceptors (Lipinski definition) is 3. The lowest BCUT2D eigenvalue weighted by molar-refractivity contribution is 0.112. The molecule has 0 N–H and O–H groups in total. The first-order valence-corrected chi connectivity index (χ1v) is 7.33. The first kappa shape index (κ1) is 13.9. The highest BCUT2D eigenvalue weighted by molar-refractivity contribution is 5.85. The molecule has 3 rings (SSSR count). The number of aromatic nitrogens is 2. The molecular formula is C17H20N2O2. The average molecular weight is 284 g/mol. The van der Waals surface area contributed by atoms with E-state index in [1.807, 2.05) is 36.0 Å². The first-order chi connectivity index (χ1) is 10.1. The number of aldehydes is 1. The maximum Gasteiger partial charge on any atom is 0.153 e. The Morgan fingerprint density at radius 2 is 2.19 bits per heavy atom. The molecule has 0 amide bonds. The van der Waals surface area contributed by atoms with Crippen LogP contribution in [0.4, 0.5) is 0 Å². The molecule has 1 fully saturated rings. The lowest BCUT2D eigenvalue weighted by Crippen LogP contribution is -2.07. The number of benzene rings is 1. The Morgan fingerprint density at radius 3 is 2.76 bits per heavy atom. The van der Waals surface area contributed by atoms with Crippen LogP contribution in [0.3, 0.4) is 0 Å². The number of hydrogen-bond donors (Lipinski definition) is 0. The van der Waals surface area contributed by atoms with Gasteiger partial charge in [0.2, 0.25) is 0 Å². The summed E-state index contributed by atoms with van der Waals surface area (Å²) in [5, 5.41) is 4.65. The molecule has 21 heavy (non-hydrogen) atoms. The third kappa shape index (κ3) is 2.58. The van der Waals surface area contributed by atoms with Crippen LogP contribution in [-0.2, 0) is 0 Å². The van der Waals surface area contributed by atoms with Crippen LogP contribution in [0.5, 0.6) is 5.75 Å². The molecular weight excluding hydrogens is 264 g/mol. The molecule has 0 spiro atoms. The predicted octanol–water partition coefficient (Wildman–Crippen LogP) is 3.65. The van der Waals surface area contributed by atoms with E-state index in [0.29, 0.717) is 17.5 Å². The summed E-state index contributed by atoms with van der Waals surface area (Å²) in [6, 6.07) is 6.24. The van der Waals surface area contributed by atoms with E-state index in [1.54, 1.807) is 7.11 Å². The van der Waals surface area contributed by atoms with Crippen LogP contribution in [-0.4, -0.2) is 23.2 Å². The van der Waals surface area contributed by atoms with E-state index in [0.717, 1.165) is 28.9 Å². The molecule has 1 aliphatic rings. The van der Waals surface area contributed by atoms with Crippen molar-refractivity contribution in [3.05, 3.63) is 35.5 Å². The second-order valence-electron chi connectivity index (χ2n) is 5.79. The summed E-state index contributed by atoms with van der Waals surface area (Å²) in [7, 11) is 1.66. The van der Waals surface area contributed by atoms with E-state index in [4.69, 9.17) is 4.74 Å². The highest BCUT2D eigenvalue weighted by Gasteiger charge is 2.30. The molecule has 1 heterocycles. The van der Waals surface area contributed by atoms with Gasteiger partial charge in [-0.2, -0.15) is 5.10 Å². The van der Waals surface area contributed by atoms with Gasteiger partial charge in [0.25, 0.3) is 0 Å². The van der Waals surface area contributed by atoms with Gasteiger partial charge in [-0.05, 0) is 56.4 Å². The standard InChI is InChI=1S/C17H20N2O2/c1-11-8-14(6-7-16(11)21-3)17-15(10-20)9-19(18-17)12(2)13-4-5-13/h6-10,12-13H,4-5H2,1-3H3.